The normalized spacial score (nSPS) is 11.2. The van der Waals surface area contributed by atoms with Gasteiger partial charge in [-0.05, 0) is 42.8 Å². The molecule has 3 aromatic heterocycles. The summed E-state index contributed by atoms with van der Waals surface area (Å²) in [6.45, 7) is 2.48. The van der Waals surface area contributed by atoms with E-state index in [9.17, 15) is 10.1 Å². The molecule has 1 amide bonds. The molecule has 10 heteroatoms. The Labute approximate surface area is 208 Å². The van der Waals surface area contributed by atoms with Crippen LogP contribution < -0.4 is 19.5 Å². The number of pyridine rings is 1. The van der Waals surface area contributed by atoms with Crippen LogP contribution in [-0.4, -0.2) is 39.9 Å². The van der Waals surface area contributed by atoms with Crippen molar-refractivity contribution >= 4 is 23.0 Å². The number of amides is 1. The number of nitrogens with one attached hydrogen (secondary N) is 2. The summed E-state index contributed by atoms with van der Waals surface area (Å²) in [5, 5.41) is 17.5. The predicted molar refractivity (Wildman–Crippen MR) is 133 cm³/mol. The number of hydrogen-bond donors (Lipinski definition) is 2. The maximum Gasteiger partial charge on any atom is 0.262 e. The Bertz CT molecular complexity index is 1480. The minimum atomic E-state index is -0.492. The van der Waals surface area contributed by atoms with Gasteiger partial charge in [0.25, 0.3) is 5.91 Å². The van der Waals surface area contributed by atoms with Crippen LogP contribution in [0.1, 0.15) is 22.5 Å². The molecule has 3 heterocycles. The Morgan fingerprint density at radius 1 is 1.22 bits per heavy atom. The third-order valence-corrected chi connectivity index (χ3v) is 5.59. The van der Waals surface area contributed by atoms with Crippen LogP contribution >= 0.6 is 0 Å². The monoisotopic (exact) mass is 486 g/mol. The van der Waals surface area contributed by atoms with E-state index >= 15 is 0 Å². The number of hydrogen-bond acceptors (Lipinski definition) is 7. The van der Waals surface area contributed by atoms with E-state index in [2.05, 4.69) is 20.4 Å². The van der Waals surface area contributed by atoms with Gasteiger partial charge in [0.15, 0.2) is 11.5 Å². The van der Waals surface area contributed by atoms with Crippen molar-refractivity contribution in [2.75, 3.05) is 14.2 Å². The second-order valence-corrected chi connectivity index (χ2v) is 8.04. The fourth-order valence-electron chi connectivity index (χ4n) is 3.73. The SMILES string of the molecule is COc1ccc(CNC(=O)/C(C#N)=C/c2c[nH]c3ncc(OCc4cc(C)nn4C)cc23)cc1OC. The molecule has 2 N–H and O–H groups in total. The lowest BCUT2D eigenvalue weighted by Crippen LogP contribution is -2.24. The molecule has 0 unspecified atom stereocenters. The van der Waals surface area contributed by atoms with Gasteiger partial charge in [-0.2, -0.15) is 10.4 Å². The van der Waals surface area contributed by atoms with E-state index in [-0.39, 0.29) is 12.1 Å². The van der Waals surface area contributed by atoms with Gasteiger partial charge in [-0.15, -0.1) is 0 Å². The molecule has 0 aliphatic heterocycles. The van der Waals surface area contributed by atoms with Gasteiger partial charge in [-0.25, -0.2) is 4.98 Å². The molecular weight excluding hydrogens is 460 g/mol. The van der Waals surface area contributed by atoms with Crippen molar-refractivity contribution in [1.29, 1.82) is 5.26 Å². The van der Waals surface area contributed by atoms with Gasteiger partial charge in [0.2, 0.25) is 0 Å². The Morgan fingerprint density at radius 3 is 2.72 bits per heavy atom. The average molecular weight is 487 g/mol. The van der Waals surface area contributed by atoms with E-state index in [1.165, 1.54) is 6.08 Å². The number of benzene rings is 1. The summed E-state index contributed by atoms with van der Waals surface area (Å²) in [5.41, 5.74) is 3.88. The van der Waals surface area contributed by atoms with E-state index in [0.717, 1.165) is 22.3 Å². The Kier molecular flexibility index (Phi) is 7.20. The number of aromatic nitrogens is 4. The zero-order chi connectivity index (χ0) is 25.7. The van der Waals surface area contributed by atoms with E-state index in [1.807, 2.05) is 38.2 Å². The minimum absolute atomic E-state index is 0.0342. The lowest BCUT2D eigenvalue weighted by atomic mass is 10.1. The standard InChI is InChI=1S/C26H26N6O4/c1-16-7-20(32(2)31-16)15-36-21-10-22-19(13-28-25(22)29-14-21)9-18(11-27)26(33)30-12-17-5-6-23(34-3)24(8-17)35-4/h5-10,13-14H,12,15H2,1-4H3,(H,28,29)(H,30,33)/b18-9+. The molecule has 4 rings (SSSR count). The smallest absolute Gasteiger partial charge is 0.262 e. The third-order valence-electron chi connectivity index (χ3n) is 5.59. The Morgan fingerprint density at radius 2 is 2.03 bits per heavy atom. The van der Waals surface area contributed by atoms with Crippen molar-refractivity contribution in [1.82, 2.24) is 25.1 Å². The third kappa shape index (κ3) is 5.31. The zero-order valence-electron chi connectivity index (χ0n) is 20.5. The van der Waals surface area contributed by atoms with Gasteiger partial charge in [-0.3, -0.25) is 9.48 Å². The minimum Gasteiger partial charge on any atom is -0.493 e. The highest BCUT2D eigenvalue weighted by Crippen LogP contribution is 2.28. The molecule has 0 saturated heterocycles. The van der Waals surface area contributed by atoms with Crippen LogP contribution in [0.25, 0.3) is 17.1 Å². The molecule has 0 bridgehead atoms. The van der Waals surface area contributed by atoms with Crippen molar-refractivity contribution in [2.45, 2.75) is 20.1 Å². The number of fused-ring (bicyclic) bond motifs is 1. The van der Waals surface area contributed by atoms with Gasteiger partial charge in [0, 0.05) is 30.7 Å². The van der Waals surface area contributed by atoms with Gasteiger partial charge in [-0.1, -0.05) is 6.07 Å². The summed E-state index contributed by atoms with van der Waals surface area (Å²) in [4.78, 5) is 20.2. The van der Waals surface area contributed by atoms with Crippen LogP contribution in [0.2, 0.25) is 0 Å². The lowest BCUT2D eigenvalue weighted by molar-refractivity contribution is -0.117. The Balaban J connectivity index is 1.49. The number of aryl methyl sites for hydroxylation is 2. The van der Waals surface area contributed by atoms with Crippen LogP contribution in [0.3, 0.4) is 0 Å². The molecule has 0 saturated carbocycles. The number of rotatable bonds is 9. The zero-order valence-corrected chi connectivity index (χ0v) is 20.5. The first-order chi connectivity index (χ1) is 17.4. The quantitative estimate of drug-likeness (QED) is 0.274. The van der Waals surface area contributed by atoms with Crippen molar-refractivity contribution in [3.8, 4) is 23.3 Å². The number of carbonyl (C=O) groups is 1. The number of ether oxygens (including phenoxy) is 3. The summed E-state index contributed by atoms with van der Waals surface area (Å²) in [5.74, 6) is 1.22. The predicted octanol–water partition coefficient (Wildman–Crippen LogP) is 3.42. The van der Waals surface area contributed by atoms with E-state index < -0.39 is 5.91 Å². The molecule has 36 heavy (non-hydrogen) atoms. The van der Waals surface area contributed by atoms with Crippen LogP contribution in [0, 0.1) is 18.3 Å². The van der Waals surface area contributed by atoms with E-state index in [1.54, 1.807) is 43.4 Å². The summed E-state index contributed by atoms with van der Waals surface area (Å²) in [7, 11) is 4.96. The molecule has 0 aliphatic rings. The molecule has 1 aromatic carbocycles. The molecule has 0 fully saturated rings. The summed E-state index contributed by atoms with van der Waals surface area (Å²) >= 11 is 0. The largest absolute Gasteiger partial charge is 0.493 e. The number of H-pyrrole nitrogens is 1. The molecule has 0 aliphatic carbocycles. The molecule has 0 spiro atoms. The number of methoxy groups -OCH3 is 2. The van der Waals surface area contributed by atoms with E-state index in [0.29, 0.717) is 35.1 Å². The summed E-state index contributed by atoms with van der Waals surface area (Å²) in [6, 6.07) is 11.1. The first-order valence-corrected chi connectivity index (χ1v) is 11.1. The highest BCUT2D eigenvalue weighted by atomic mass is 16.5. The molecule has 184 valence electrons. The summed E-state index contributed by atoms with van der Waals surface area (Å²) in [6.07, 6.45) is 4.85. The fourth-order valence-corrected chi connectivity index (χ4v) is 3.73. The first-order valence-electron chi connectivity index (χ1n) is 11.1. The van der Waals surface area contributed by atoms with Crippen LogP contribution in [-0.2, 0) is 25.0 Å². The van der Waals surface area contributed by atoms with Gasteiger partial charge in [0.05, 0.1) is 31.8 Å². The van der Waals surface area contributed by atoms with Gasteiger partial charge < -0.3 is 24.5 Å². The van der Waals surface area contributed by atoms with Gasteiger partial charge >= 0.3 is 0 Å². The molecule has 0 radical (unpaired) electrons. The highest BCUT2D eigenvalue weighted by molar-refractivity contribution is 6.03. The topological polar surface area (TPSA) is 127 Å². The molecule has 0 atom stereocenters. The van der Waals surface area contributed by atoms with Crippen LogP contribution in [0.4, 0.5) is 0 Å². The molecule has 4 aromatic rings. The molecular formula is C26H26N6O4. The van der Waals surface area contributed by atoms with Crippen molar-refractivity contribution in [2.24, 2.45) is 7.05 Å². The highest BCUT2D eigenvalue weighted by Gasteiger charge is 2.13. The average Bonchev–Trinajstić information content (AvgIpc) is 3.44. The lowest BCUT2D eigenvalue weighted by Gasteiger charge is -2.10. The first kappa shape index (κ1) is 24.3. The number of nitriles is 1. The maximum atomic E-state index is 12.7. The number of aromatic amines is 1. The number of nitrogens with zero attached hydrogens (tertiary/aromatic N) is 4. The summed E-state index contributed by atoms with van der Waals surface area (Å²) < 4.78 is 18.2. The van der Waals surface area contributed by atoms with Gasteiger partial charge in [0.1, 0.15) is 29.6 Å². The van der Waals surface area contributed by atoms with Crippen LogP contribution in [0.5, 0.6) is 17.2 Å². The van der Waals surface area contributed by atoms with Crippen molar-refractivity contribution in [3.63, 3.8) is 0 Å². The van der Waals surface area contributed by atoms with Crippen molar-refractivity contribution in [3.05, 3.63) is 70.8 Å². The molecule has 10 nitrogen and oxygen atoms in total. The maximum absolute atomic E-state index is 12.7. The Hall–Kier alpha value is -4.78. The fraction of sp³-hybridized carbons (Fsp3) is 0.231. The van der Waals surface area contributed by atoms with E-state index in [4.69, 9.17) is 14.2 Å². The number of carbonyl (C=O) groups excluding carboxylic acids is 1. The second-order valence-electron chi connectivity index (χ2n) is 8.04. The van der Waals surface area contributed by atoms with Crippen LogP contribution in [0.15, 0.2) is 48.3 Å². The second kappa shape index (κ2) is 10.7. The van der Waals surface area contributed by atoms with Crippen molar-refractivity contribution < 1.29 is 19.0 Å².